The van der Waals surface area contributed by atoms with Crippen LogP contribution in [0, 0.1) is 0 Å². The standard InChI is InChI=1S/C29H26N6O/c30-21-10-8-20(9-11-21)16-18-32-29(36)25-6-1-2-7-26(25)33-23-12-14-24-27(34-35-28(24)19-23)15-13-22-5-3-4-17-31-22/h1-15,17,19,33H,16,18,30H2,(H,32,36)(H,34,35)/b15-13+. The first-order chi connectivity index (χ1) is 17.7. The minimum atomic E-state index is -0.127. The van der Waals surface area contributed by atoms with Gasteiger partial charge in [-0.2, -0.15) is 5.10 Å². The van der Waals surface area contributed by atoms with Gasteiger partial charge in [0.2, 0.25) is 0 Å². The van der Waals surface area contributed by atoms with Crippen LogP contribution in [0.3, 0.4) is 0 Å². The molecule has 0 fully saturated rings. The van der Waals surface area contributed by atoms with Gasteiger partial charge in [-0.15, -0.1) is 0 Å². The molecule has 0 radical (unpaired) electrons. The summed E-state index contributed by atoms with van der Waals surface area (Å²) in [5.41, 5.74) is 12.4. The van der Waals surface area contributed by atoms with Crippen LogP contribution in [-0.2, 0) is 6.42 Å². The predicted octanol–water partition coefficient (Wildman–Crippen LogP) is 5.43. The normalized spacial score (nSPS) is 11.1. The molecule has 0 atom stereocenters. The van der Waals surface area contributed by atoms with Crippen LogP contribution in [0.5, 0.6) is 0 Å². The predicted molar refractivity (Wildman–Crippen MR) is 146 cm³/mol. The van der Waals surface area contributed by atoms with Crippen LogP contribution in [0.25, 0.3) is 23.1 Å². The zero-order valence-electron chi connectivity index (χ0n) is 19.6. The van der Waals surface area contributed by atoms with Crippen LogP contribution >= 0.6 is 0 Å². The second-order valence-electron chi connectivity index (χ2n) is 8.38. The van der Waals surface area contributed by atoms with Crippen molar-refractivity contribution in [1.29, 1.82) is 0 Å². The fourth-order valence-electron chi connectivity index (χ4n) is 3.93. The number of aromatic amines is 1. The maximum atomic E-state index is 12.9. The van der Waals surface area contributed by atoms with Gasteiger partial charge in [-0.3, -0.25) is 14.9 Å². The van der Waals surface area contributed by atoms with Gasteiger partial charge >= 0.3 is 0 Å². The van der Waals surface area contributed by atoms with E-state index < -0.39 is 0 Å². The number of anilines is 3. The van der Waals surface area contributed by atoms with Crippen LogP contribution in [0.4, 0.5) is 17.1 Å². The Morgan fingerprint density at radius 1 is 0.944 bits per heavy atom. The smallest absolute Gasteiger partial charge is 0.253 e. The molecular weight excluding hydrogens is 448 g/mol. The highest BCUT2D eigenvalue weighted by atomic mass is 16.1. The third kappa shape index (κ3) is 5.42. The number of para-hydroxylation sites is 1. The van der Waals surface area contributed by atoms with Crippen molar-refractivity contribution in [2.24, 2.45) is 0 Å². The number of nitrogens with zero attached hydrogens (tertiary/aromatic N) is 2. The number of pyridine rings is 1. The number of H-pyrrole nitrogens is 1. The molecule has 0 aliphatic rings. The topological polar surface area (TPSA) is 109 Å². The summed E-state index contributed by atoms with van der Waals surface area (Å²) < 4.78 is 0. The van der Waals surface area contributed by atoms with Crippen LogP contribution in [0.2, 0.25) is 0 Å². The molecule has 5 N–H and O–H groups in total. The summed E-state index contributed by atoms with van der Waals surface area (Å²) in [6.07, 6.45) is 6.37. The Hall–Kier alpha value is -4.91. The SMILES string of the molecule is Nc1ccc(CCNC(=O)c2ccccc2Nc2ccc3c(/C=C/c4ccccn4)n[nH]c3c2)cc1. The summed E-state index contributed by atoms with van der Waals surface area (Å²) >= 11 is 0. The van der Waals surface area contributed by atoms with E-state index in [1.165, 1.54) is 0 Å². The van der Waals surface area contributed by atoms with Gasteiger partial charge in [-0.1, -0.05) is 30.3 Å². The molecule has 0 saturated heterocycles. The van der Waals surface area contributed by atoms with Crippen LogP contribution < -0.4 is 16.4 Å². The van der Waals surface area contributed by atoms with Gasteiger partial charge in [0.1, 0.15) is 0 Å². The molecule has 5 aromatic rings. The van der Waals surface area contributed by atoms with Gasteiger partial charge in [0, 0.05) is 29.5 Å². The number of nitrogen functional groups attached to an aromatic ring is 1. The highest BCUT2D eigenvalue weighted by molar-refractivity contribution is 6.00. The Morgan fingerprint density at radius 3 is 2.61 bits per heavy atom. The summed E-state index contributed by atoms with van der Waals surface area (Å²) in [7, 11) is 0. The first-order valence-corrected chi connectivity index (χ1v) is 11.7. The lowest BCUT2D eigenvalue weighted by atomic mass is 10.1. The molecule has 7 heteroatoms. The maximum absolute atomic E-state index is 12.9. The zero-order chi connectivity index (χ0) is 24.7. The molecule has 7 nitrogen and oxygen atoms in total. The molecule has 0 aliphatic heterocycles. The second-order valence-corrected chi connectivity index (χ2v) is 8.38. The number of nitrogens with one attached hydrogen (secondary N) is 3. The number of rotatable bonds is 8. The number of fused-ring (bicyclic) bond motifs is 1. The number of benzene rings is 3. The highest BCUT2D eigenvalue weighted by Gasteiger charge is 2.12. The Kier molecular flexibility index (Phi) is 6.71. The minimum absolute atomic E-state index is 0.127. The molecule has 5 rings (SSSR count). The van der Waals surface area contributed by atoms with Gasteiger partial charge in [-0.05, 0) is 78.7 Å². The molecule has 178 valence electrons. The summed E-state index contributed by atoms with van der Waals surface area (Å²) in [6.45, 7) is 0.534. The summed E-state index contributed by atoms with van der Waals surface area (Å²) in [6, 6.07) is 26.9. The first-order valence-electron chi connectivity index (χ1n) is 11.7. The van der Waals surface area contributed by atoms with E-state index in [1.54, 1.807) is 6.20 Å². The van der Waals surface area contributed by atoms with Gasteiger partial charge in [0.15, 0.2) is 0 Å². The number of carbonyl (C=O) groups excluding carboxylic acids is 1. The van der Waals surface area contributed by atoms with Gasteiger partial charge in [0.05, 0.1) is 28.2 Å². The molecular formula is C29H26N6O. The van der Waals surface area contributed by atoms with Crippen molar-refractivity contribution in [2.75, 3.05) is 17.6 Å². The Balaban J connectivity index is 1.27. The van der Waals surface area contributed by atoms with E-state index in [0.717, 1.165) is 51.3 Å². The summed E-state index contributed by atoms with van der Waals surface area (Å²) in [5.74, 6) is -0.127. The van der Waals surface area contributed by atoms with Crippen molar-refractivity contribution in [3.8, 4) is 0 Å². The molecule has 0 aliphatic carbocycles. The van der Waals surface area contributed by atoms with Crippen molar-refractivity contribution in [2.45, 2.75) is 6.42 Å². The van der Waals surface area contributed by atoms with Crippen molar-refractivity contribution < 1.29 is 4.79 Å². The Bertz CT molecular complexity index is 1510. The first kappa shape index (κ1) is 22.9. The summed E-state index contributed by atoms with van der Waals surface area (Å²) in [4.78, 5) is 17.2. The van der Waals surface area contributed by atoms with Gasteiger partial charge in [-0.25, -0.2) is 0 Å². The molecule has 0 saturated carbocycles. The van der Waals surface area contributed by atoms with E-state index >= 15 is 0 Å². The average molecular weight is 475 g/mol. The molecule has 0 spiro atoms. The van der Waals surface area contributed by atoms with Crippen molar-refractivity contribution in [3.63, 3.8) is 0 Å². The quantitative estimate of drug-likeness (QED) is 0.224. The molecule has 0 bridgehead atoms. The molecule has 2 heterocycles. The average Bonchev–Trinajstić information content (AvgIpc) is 3.31. The van der Waals surface area contributed by atoms with Crippen molar-refractivity contribution in [3.05, 3.63) is 114 Å². The lowest BCUT2D eigenvalue weighted by Gasteiger charge is -2.12. The molecule has 1 amide bonds. The number of amides is 1. The van der Waals surface area contributed by atoms with Gasteiger partial charge < -0.3 is 16.4 Å². The van der Waals surface area contributed by atoms with E-state index in [2.05, 4.69) is 25.8 Å². The number of aromatic nitrogens is 3. The van der Waals surface area contributed by atoms with E-state index in [9.17, 15) is 4.79 Å². The highest BCUT2D eigenvalue weighted by Crippen LogP contribution is 2.26. The van der Waals surface area contributed by atoms with Crippen LogP contribution in [0.1, 0.15) is 27.3 Å². The maximum Gasteiger partial charge on any atom is 0.253 e. The largest absolute Gasteiger partial charge is 0.399 e. The Morgan fingerprint density at radius 2 is 1.78 bits per heavy atom. The zero-order valence-corrected chi connectivity index (χ0v) is 19.6. The number of nitrogens with two attached hydrogens (primary N) is 1. The van der Waals surface area contributed by atoms with Crippen molar-refractivity contribution in [1.82, 2.24) is 20.5 Å². The van der Waals surface area contributed by atoms with Crippen LogP contribution in [-0.4, -0.2) is 27.6 Å². The minimum Gasteiger partial charge on any atom is -0.399 e. The monoisotopic (exact) mass is 474 g/mol. The lowest BCUT2D eigenvalue weighted by molar-refractivity contribution is 0.0955. The number of hydrogen-bond donors (Lipinski definition) is 4. The van der Waals surface area contributed by atoms with E-state index in [1.807, 2.05) is 97.1 Å². The number of hydrogen-bond acceptors (Lipinski definition) is 5. The fraction of sp³-hybridized carbons (Fsp3) is 0.0690. The van der Waals surface area contributed by atoms with Crippen molar-refractivity contribution >= 4 is 46.0 Å². The van der Waals surface area contributed by atoms with E-state index in [-0.39, 0.29) is 5.91 Å². The lowest BCUT2D eigenvalue weighted by Crippen LogP contribution is -2.26. The summed E-state index contributed by atoms with van der Waals surface area (Å²) in [5, 5.41) is 14.9. The van der Waals surface area contributed by atoms with E-state index in [4.69, 9.17) is 5.73 Å². The third-order valence-electron chi connectivity index (χ3n) is 5.82. The second kappa shape index (κ2) is 10.6. The molecule has 2 aromatic heterocycles. The fourth-order valence-corrected chi connectivity index (χ4v) is 3.93. The number of carbonyl (C=O) groups is 1. The van der Waals surface area contributed by atoms with E-state index in [0.29, 0.717) is 12.1 Å². The van der Waals surface area contributed by atoms with Gasteiger partial charge in [0.25, 0.3) is 5.91 Å². The molecule has 0 unspecified atom stereocenters. The van der Waals surface area contributed by atoms with Crippen LogP contribution in [0.15, 0.2) is 91.1 Å². The third-order valence-corrected chi connectivity index (χ3v) is 5.82. The Labute approximate surface area is 209 Å². The molecule has 3 aromatic carbocycles. The molecule has 36 heavy (non-hydrogen) atoms.